The number of carboxylic acid groups (broad SMARTS) is 1. The van der Waals surface area contributed by atoms with E-state index in [-0.39, 0.29) is 22.4 Å². The lowest BCUT2D eigenvalue weighted by atomic mass is 10.0. The standard InChI is InChI=1S/C19H20F2N2O4/c20-12-5-6-13(15(21)10-12)11-4-7-17(14(9-11)18(24)25)27-19(26)16(23)3-1-2-8-22/h4-7,9-10,16H,1-3,8,22-23H2,(H,24,25). The van der Waals surface area contributed by atoms with E-state index in [1.54, 1.807) is 0 Å². The van der Waals surface area contributed by atoms with Crippen LogP contribution in [-0.2, 0) is 4.79 Å². The molecule has 1 atom stereocenters. The van der Waals surface area contributed by atoms with Crippen molar-refractivity contribution in [2.24, 2.45) is 11.5 Å². The topological polar surface area (TPSA) is 116 Å². The average molecular weight is 378 g/mol. The van der Waals surface area contributed by atoms with Crippen LogP contribution in [0.15, 0.2) is 36.4 Å². The Morgan fingerprint density at radius 2 is 1.85 bits per heavy atom. The number of nitrogens with two attached hydrogens (primary N) is 2. The second-order valence-corrected chi connectivity index (χ2v) is 5.95. The second-order valence-electron chi connectivity index (χ2n) is 5.95. The Hall–Kier alpha value is -2.84. The fraction of sp³-hybridized carbons (Fsp3) is 0.263. The van der Waals surface area contributed by atoms with Gasteiger partial charge in [0.05, 0.1) is 0 Å². The summed E-state index contributed by atoms with van der Waals surface area (Å²) in [6.45, 7) is 0.479. The van der Waals surface area contributed by atoms with Crippen LogP contribution in [0, 0.1) is 11.6 Å². The van der Waals surface area contributed by atoms with Gasteiger partial charge in [0.25, 0.3) is 0 Å². The van der Waals surface area contributed by atoms with Crippen LogP contribution in [0.3, 0.4) is 0 Å². The predicted octanol–water partition coefficient (Wildman–Crippen LogP) is 2.69. The highest BCUT2D eigenvalue weighted by Gasteiger charge is 2.21. The lowest BCUT2D eigenvalue weighted by Gasteiger charge is -2.13. The molecule has 6 nitrogen and oxygen atoms in total. The molecule has 0 aliphatic rings. The summed E-state index contributed by atoms with van der Waals surface area (Å²) >= 11 is 0. The number of esters is 1. The summed E-state index contributed by atoms with van der Waals surface area (Å²) < 4.78 is 32.1. The molecule has 0 radical (unpaired) electrons. The third-order valence-corrected chi connectivity index (χ3v) is 3.93. The van der Waals surface area contributed by atoms with E-state index in [1.807, 2.05) is 0 Å². The highest BCUT2D eigenvalue weighted by atomic mass is 19.1. The minimum atomic E-state index is -1.36. The Balaban J connectivity index is 2.25. The van der Waals surface area contributed by atoms with Gasteiger partial charge in [0.2, 0.25) is 0 Å². The molecule has 0 fully saturated rings. The maximum atomic E-state index is 13.9. The minimum Gasteiger partial charge on any atom is -0.478 e. The molecular formula is C19H20F2N2O4. The fourth-order valence-electron chi connectivity index (χ4n) is 2.49. The van der Waals surface area contributed by atoms with E-state index in [1.165, 1.54) is 18.2 Å². The van der Waals surface area contributed by atoms with Gasteiger partial charge < -0.3 is 21.3 Å². The molecule has 0 bridgehead atoms. The van der Waals surface area contributed by atoms with Crippen molar-refractivity contribution < 1.29 is 28.2 Å². The Morgan fingerprint density at radius 3 is 2.48 bits per heavy atom. The van der Waals surface area contributed by atoms with Gasteiger partial charge in [-0.2, -0.15) is 0 Å². The molecule has 0 saturated carbocycles. The van der Waals surface area contributed by atoms with Crippen LogP contribution in [0.4, 0.5) is 8.78 Å². The highest BCUT2D eigenvalue weighted by Crippen LogP contribution is 2.29. The van der Waals surface area contributed by atoms with E-state index in [0.29, 0.717) is 31.9 Å². The molecule has 0 spiro atoms. The number of unbranched alkanes of at least 4 members (excludes halogenated alkanes) is 1. The summed E-state index contributed by atoms with van der Waals surface area (Å²) in [5, 5.41) is 9.39. The number of aromatic carboxylic acids is 1. The van der Waals surface area contributed by atoms with Crippen LogP contribution in [0.2, 0.25) is 0 Å². The molecular weight excluding hydrogens is 358 g/mol. The van der Waals surface area contributed by atoms with Crippen molar-refractivity contribution in [1.29, 1.82) is 0 Å². The molecule has 0 saturated heterocycles. The van der Waals surface area contributed by atoms with E-state index in [9.17, 15) is 23.5 Å². The van der Waals surface area contributed by atoms with Crippen LogP contribution < -0.4 is 16.2 Å². The number of carbonyl (C=O) groups excluding carboxylic acids is 1. The van der Waals surface area contributed by atoms with Crippen molar-refractivity contribution in [3.05, 3.63) is 53.6 Å². The first kappa shape index (κ1) is 20.5. The normalized spacial score (nSPS) is 11.9. The third-order valence-electron chi connectivity index (χ3n) is 3.93. The smallest absolute Gasteiger partial charge is 0.339 e. The number of hydrogen-bond donors (Lipinski definition) is 3. The zero-order chi connectivity index (χ0) is 20.0. The summed E-state index contributed by atoms with van der Waals surface area (Å²) in [5.74, 6) is -3.91. The molecule has 0 amide bonds. The van der Waals surface area contributed by atoms with E-state index < -0.39 is 29.6 Å². The number of carboxylic acids is 1. The molecule has 2 rings (SSSR count). The van der Waals surface area contributed by atoms with Crippen molar-refractivity contribution in [2.45, 2.75) is 25.3 Å². The molecule has 0 aliphatic carbocycles. The van der Waals surface area contributed by atoms with Crippen molar-refractivity contribution >= 4 is 11.9 Å². The van der Waals surface area contributed by atoms with Gasteiger partial charge in [0.15, 0.2) is 0 Å². The Bertz CT molecular complexity index is 842. The van der Waals surface area contributed by atoms with E-state index in [4.69, 9.17) is 16.2 Å². The largest absolute Gasteiger partial charge is 0.478 e. The SMILES string of the molecule is NCCCCC(N)C(=O)Oc1ccc(-c2ccc(F)cc2F)cc1C(=O)O. The summed E-state index contributed by atoms with van der Waals surface area (Å²) in [4.78, 5) is 23.6. The Labute approximate surface area is 154 Å². The molecule has 2 aromatic rings. The van der Waals surface area contributed by atoms with Gasteiger partial charge in [-0.25, -0.2) is 18.4 Å². The maximum absolute atomic E-state index is 13.9. The van der Waals surface area contributed by atoms with Gasteiger partial charge >= 0.3 is 11.9 Å². The monoisotopic (exact) mass is 378 g/mol. The molecule has 0 aliphatic heterocycles. The van der Waals surface area contributed by atoms with Crippen LogP contribution in [0.1, 0.15) is 29.6 Å². The van der Waals surface area contributed by atoms with Crippen LogP contribution in [0.25, 0.3) is 11.1 Å². The van der Waals surface area contributed by atoms with Crippen LogP contribution in [0.5, 0.6) is 5.75 Å². The van der Waals surface area contributed by atoms with Gasteiger partial charge in [0.1, 0.15) is 29.0 Å². The number of hydrogen-bond acceptors (Lipinski definition) is 5. The molecule has 144 valence electrons. The molecule has 8 heteroatoms. The van der Waals surface area contributed by atoms with E-state index >= 15 is 0 Å². The number of carbonyl (C=O) groups is 2. The Kier molecular flexibility index (Phi) is 6.98. The highest BCUT2D eigenvalue weighted by molar-refractivity contribution is 5.94. The first-order valence-corrected chi connectivity index (χ1v) is 8.33. The van der Waals surface area contributed by atoms with Crippen molar-refractivity contribution in [2.75, 3.05) is 6.54 Å². The maximum Gasteiger partial charge on any atom is 0.339 e. The molecule has 1 unspecified atom stereocenters. The molecule has 0 aromatic heterocycles. The summed E-state index contributed by atoms with van der Waals surface area (Å²) in [6.07, 6.45) is 1.71. The molecule has 2 aromatic carbocycles. The lowest BCUT2D eigenvalue weighted by molar-refractivity contribution is -0.136. The van der Waals surface area contributed by atoms with Crippen LogP contribution in [-0.4, -0.2) is 29.6 Å². The lowest BCUT2D eigenvalue weighted by Crippen LogP contribution is -2.34. The van der Waals surface area contributed by atoms with E-state index in [2.05, 4.69) is 0 Å². The third kappa shape index (κ3) is 5.32. The average Bonchev–Trinajstić information content (AvgIpc) is 2.62. The zero-order valence-electron chi connectivity index (χ0n) is 14.5. The number of halogens is 2. The summed E-state index contributed by atoms with van der Waals surface area (Å²) in [6, 6.07) is 5.83. The van der Waals surface area contributed by atoms with E-state index in [0.717, 1.165) is 12.1 Å². The van der Waals surface area contributed by atoms with Crippen LogP contribution >= 0.6 is 0 Å². The quantitative estimate of drug-likeness (QED) is 0.369. The zero-order valence-corrected chi connectivity index (χ0v) is 14.5. The van der Waals surface area contributed by atoms with Gasteiger partial charge in [-0.15, -0.1) is 0 Å². The minimum absolute atomic E-state index is 0.0234. The van der Waals surface area contributed by atoms with Gasteiger partial charge in [-0.1, -0.05) is 12.5 Å². The number of ether oxygens (including phenoxy) is 1. The van der Waals surface area contributed by atoms with Gasteiger partial charge in [-0.3, -0.25) is 0 Å². The van der Waals surface area contributed by atoms with Gasteiger partial charge in [0, 0.05) is 11.6 Å². The van der Waals surface area contributed by atoms with Crippen molar-refractivity contribution in [3.8, 4) is 16.9 Å². The molecule has 27 heavy (non-hydrogen) atoms. The second kappa shape index (κ2) is 9.20. The molecule has 5 N–H and O–H groups in total. The first-order chi connectivity index (χ1) is 12.8. The summed E-state index contributed by atoms with van der Waals surface area (Å²) in [5.41, 5.74) is 11.0. The Morgan fingerprint density at radius 1 is 1.11 bits per heavy atom. The number of benzene rings is 2. The van der Waals surface area contributed by atoms with Crippen molar-refractivity contribution in [1.82, 2.24) is 0 Å². The van der Waals surface area contributed by atoms with Gasteiger partial charge in [-0.05, 0) is 49.2 Å². The predicted molar refractivity (Wildman–Crippen MR) is 95.3 cm³/mol. The first-order valence-electron chi connectivity index (χ1n) is 8.33. The van der Waals surface area contributed by atoms with Crippen molar-refractivity contribution in [3.63, 3.8) is 0 Å². The molecule has 0 heterocycles. The summed E-state index contributed by atoms with van der Waals surface area (Å²) in [7, 11) is 0. The number of rotatable bonds is 8. The fourth-order valence-corrected chi connectivity index (χ4v) is 2.49.